The van der Waals surface area contributed by atoms with Crippen LogP contribution in [0.2, 0.25) is 5.02 Å². The van der Waals surface area contributed by atoms with E-state index in [2.05, 4.69) is 37.2 Å². The molecule has 1 unspecified atom stereocenters. The number of hydrogen-bond acceptors (Lipinski definition) is 6. The number of H-pyrrole nitrogens is 1. The Bertz CT molecular complexity index is 1160. The number of benzene rings is 1. The van der Waals surface area contributed by atoms with Gasteiger partial charge in [0.05, 0.1) is 10.7 Å². The number of nitrogens with zero attached hydrogens (tertiary/aromatic N) is 2. The quantitative estimate of drug-likeness (QED) is 0.452. The molecule has 1 aliphatic carbocycles. The zero-order chi connectivity index (χ0) is 20.7. The Balaban J connectivity index is 1.43. The van der Waals surface area contributed by atoms with Gasteiger partial charge in [-0.05, 0) is 57.0 Å². The molecular formula is C22H23ClN6O. The Morgan fingerprint density at radius 2 is 2.10 bits per heavy atom. The molecule has 1 fully saturated rings. The maximum Gasteiger partial charge on any atom is 0.324 e. The SMILES string of the molecule is C/C=C/C1=CC(Nc2cc(C3CC3)nc(Oc3ccc4[nH]c(C)cc4c3Cl)n2)NN1. The number of halogens is 1. The largest absolute Gasteiger partial charge is 0.423 e. The molecule has 7 nitrogen and oxygen atoms in total. The summed E-state index contributed by atoms with van der Waals surface area (Å²) in [6.45, 7) is 3.98. The third-order valence-electron chi connectivity index (χ3n) is 5.13. The first-order valence-corrected chi connectivity index (χ1v) is 10.4. The summed E-state index contributed by atoms with van der Waals surface area (Å²) < 4.78 is 6.04. The fourth-order valence-electron chi connectivity index (χ4n) is 3.55. The van der Waals surface area contributed by atoms with E-state index in [-0.39, 0.29) is 6.17 Å². The van der Waals surface area contributed by atoms with Gasteiger partial charge >= 0.3 is 6.01 Å². The lowest BCUT2D eigenvalue weighted by molar-refractivity contribution is 0.440. The van der Waals surface area contributed by atoms with Crippen molar-refractivity contribution in [2.45, 2.75) is 38.8 Å². The van der Waals surface area contributed by atoms with Gasteiger partial charge in [-0.15, -0.1) is 0 Å². The van der Waals surface area contributed by atoms with Gasteiger partial charge in [-0.3, -0.25) is 0 Å². The molecule has 1 aliphatic heterocycles. The molecule has 154 valence electrons. The summed E-state index contributed by atoms with van der Waals surface area (Å²) in [5, 5.41) is 4.84. The molecule has 3 aromatic rings. The van der Waals surface area contributed by atoms with E-state index < -0.39 is 0 Å². The van der Waals surface area contributed by atoms with Crippen LogP contribution in [0.4, 0.5) is 5.82 Å². The number of ether oxygens (including phenoxy) is 1. The molecule has 5 rings (SSSR count). The molecule has 1 aromatic carbocycles. The average Bonchev–Trinajstić information content (AvgIpc) is 3.37. The molecule has 2 aromatic heterocycles. The smallest absolute Gasteiger partial charge is 0.324 e. The molecule has 1 saturated carbocycles. The second-order valence-corrected chi connectivity index (χ2v) is 8.02. The summed E-state index contributed by atoms with van der Waals surface area (Å²) in [6.07, 6.45) is 8.23. The van der Waals surface area contributed by atoms with E-state index in [9.17, 15) is 0 Å². The van der Waals surface area contributed by atoms with Crippen LogP contribution in [0.25, 0.3) is 10.9 Å². The standard InChI is InChI=1S/C22H23ClN6O/c1-3-4-14-10-20(29-28-14)26-19-11-17(13-5-6-13)25-22(27-19)30-18-8-7-16-15(21(18)23)9-12(2)24-16/h3-4,7-11,13,20,24,28-29H,5-6H2,1-2H3,(H,25,26,27)/b4-3+. The van der Waals surface area contributed by atoms with E-state index >= 15 is 0 Å². The van der Waals surface area contributed by atoms with Crippen LogP contribution in [0.1, 0.15) is 37.1 Å². The van der Waals surface area contributed by atoms with Crippen LogP contribution in [0, 0.1) is 6.92 Å². The first kappa shape index (κ1) is 19.0. The van der Waals surface area contributed by atoms with E-state index in [4.69, 9.17) is 16.3 Å². The number of nitrogens with one attached hydrogen (secondary N) is 4. The van der Waals surface area contributed by atoms with Crippen molar-refractivity contribution >= 4 is 28.3 Å². The molecule has 3 heterocycles. The van der Waals surface area contributed by atoms with Crippen molar-refractivity contribution in [1.29, 1.82) is 0 Å². The maximum atomic E-state index is 6.59. The summed E-state index contributed by atoms with van der Waals surface area (Å²) in [7, 11) is 0. The highest BCUT2D eigenvalue weighted by Crippen LogP contribution is 2.41. The van der Waals surface area contributed by atoms with E-state index in [0.717, 1.165) is 40.8 Å². The van der Waals surface area contributed by atoms with Crippen LogP contribution >= 0.6 is 11.6 Å². The van der Waals surface area contributed by atoms with Gasteiger partial charge in [0.1, 0.15) is 17.7 Å². The van der Waals surface area contributed by atoms with Gasteiger partial charge < -0.3 is 20.5 Å². The van der Waals surface area contributed by atoms with Crippen molar-refractivity contribution in [1.82, 2.24) is 25.8 Å². The highest BCUT2D eigenvalue weighted by molar-refractivity contribution is 6.37. The minimum atomic E-state index is -0.0891. The number of hydrazine groups is 1. The fourth-order valence-corrected chi connectivity index (χ4v) is 3.81. The zero-order valence-corrected chi connectivity index (χ0v) is 17.5. The first-order chi connectivity index (χ1) is 14.6. The highest BCUT2D eigenvalue weighted by atomic mass is 35.5. The normalized spacial score (nSPS) is 18.6. The summed E-state index contributed by atoms with van der Waals surface area (Å²) in [6, 6.07) is 8.09. The van der Waals surface area contributed by atoms with Crippen LogP contribution in [0.15, 0.2) is 48.2 Å². The van der Waals surface area contributed by atoms with Gasteiger partial charge in [-0.2, -0.15) is 9.97 Å². The predicted molar refractivity (Wildman–Crippen MR) is 119 cm³/mol. The lowest BCUT2D eigenvalue weighted by atomic mass is 10.2. The molecule has 0 spiro atoms. The molecule has 30 heavy (non-hydrogen) atoms. The predicted octanol–water partition coefficient (Wildman–Crippen LogP) is 4.90. The van der Waals surface area contributed by atoms with Gasteiger partial charge in [0, 0.05) is 34.3 Å². The Labute approximate surface area is 179 Å². The Hall–Kier alpha value is -3.03. The lowest BCUT2D eigenvalue weighted by Gasteiger charge is -2.14. The first-order valence-electron chi connectivity index (χ1n) is 10.1. The molecule has 2 aliphatic rings. The van der Waals surface area contributed by atoms with Crippen molar-refractivity contribution in [3.63, 3.8) is 0 Å². The van der Waals surface area contributed by atoms with Gasteiger partial charge in [-0.1, -0.05) is 17.7 Å². The number of anilines is 1. The topological polar surface area (TPSA) is 86.9 Å². The Morgan fingerprint density at radius 1 is 1.23 bits per heavy atom. The van der Waals surface area contributed by atoms with Gasteiger partial charge in [0.15, 0.2) is 0 Å². The van der Waals surface area contributed by atoms with Crippen molar-refractivity contribution < 1.29 is 4.74 Å². The van der Waals surface area contributed by atoms with E-state index in [0.29, 0.717) is 28.5 Å². The molecular weight excluding hydrogens is 400 g/mol. The van der Waals surface area contributed by atoms with Crippen molar-refractivity contribution in [3.8, 4) is 11.8 Å². The molecule has 4 N–H and O–H groups in total. The van der Waals surface area contributed by atoms with Crippen molar-refractivity contribution in [2.24, 2.45) is 0 Å². The van der Waals surface area contributed by atoms with Crippen LogP contribution in [-0.4, -0.2) is 21.1 Å². The summed E-state index contributed by atoms with van der Waals surface area (Å²) in [5.41, 5.74) is 10.3. The van der Waals surface area contributed by atoms with Crippen LogP contribution in [0.3, 0.4) is 0 Å². The molecule has 1 atom stereocenters. The van der Waals surface area contributed by atoms with E-state index in [1.807, 2.05) is 50.3 Å². The Kier molecular flexibility index (Phi) is 4.84. The third kappa shape index (κ3) is 3.86. The lowest BCUT2D eigenvalue weighted by Crippen LogP contribution is -2.37. The molecule has 0 bridgehead atoms. The van der Waals surface area contributed by atoms with Crippen molar-refractivity contribution in [3.05, 3.63) is 64.6 Å². The third-order valence-corrected chi connectivity index (χ3v) is 5.52. The second-order valence-electron chi connectivity index (χ2n) is 7.64. The van der Waals surface area contributed by atoms with Crippen molar-refractivity contribution in [2.75, 3.05) is 5.32 Å². The number of aromatic nitrogens is 3. The highest BCUT2D eigenvalue weighted by Gasteiger charge is 2.27. The minimum Gasteiger partial charge on any atom is -0.423 e. The number of fused-ring (bicyclic) bond motifs is 1. The van der Waals surface area contributed by atoms with E-state index in [1.165, 1.54) is 0 Å². The Morgan fingerprint density at radius 3 is 2.90 bits per heavy atom. The number of aromatic amines is 1. The number of aryl methyl sites for hydroxylation is 1. The van der Waals surface area contributed by atoms with Crippen LogP contribution in [0.5, 0.6) is 11.8 Å². The average molecular weight is 423 g/mol. The molecule has 0 saturated heterocycles. The monoisotopic (exact) mass is 422 g/mol. The number of allylic oxidation sites excluding steroid dienone is 2. The van der Waals surface area contributed by atoms with Gasteiger partial charge in [0.25, 0.3) is 0 Å². The second kappa shape index (κ2) is 7.66. The van der Waals surface area contributed by atoms with Crippen LogP contribution in [-0.2, 0) is 0 Å². The van der Waals surface area contributed by atoms with Gasteiger partial charge in [0.2, 0.25) is 0 Å². The minimum absolute atomic E-state index is 0.0891. The maximum absolute atomic E-state index is 6.59. The fraction of sp³-hybridized carbons (Fsp3) is 0.273. The van der Waals surface area contributed by atoms with Gasteiger partial charge in [-0.25, -0.2) is 5.43 Å². The number of rotatable bonds is 6. The van der Waals surface area contributed by atoms with E-state index in [1.54, 1.807) is 0 Å². The number of hydrogen-bond donors (Lipinski definition) is 4. The molecule has 0 amide bonds. The summed E-state index contributed by atoms with van der Waals surface area (Å²) >= 11 is 6.59. The molecule has 8 heteroatoms. The summed E-state index contributed by atoms with van der Waals surface area (Å²) in [4.78, 5) is 12.5. The zero-order valence-electron chi connectivity index (χ0n) is 16.8. The summed E-state index contributed by atoms with van der Waals surface area (Å²) in [5.74, 6) is 1.71. The van der Waals surface area contributed by atoms with Crippen LogP contribution < -0.4 is 20.9 Å². The molecule has 0 radical (unpaired) electrons.